The van der Waals surface area contributed by atoms with Crippen molar-refractivity contribution in [3.05, 3.63) is 51.2 Å². The van der Waals surface area contributed by atoms with Gasteiger partial charge in [0.15, 0.2) is 17.3 Å². The number of ether oxygens (including phenoxy) is 3. The van der Waals surface area contributed by atoms with Gasteiger partial charge in [-0.15, -0.1) is 11.3 Å². The molecule has 5 nitrogen and oxygen atoms in total. The zero-order valence-corrected chi connectivity index (χ0v) is 17.4. The van der Waals surface area contributed by atoms with Crippen LogP contribution in [0.1, 0.15) is 29.7 Å². The lowest BCUT2D eigenvalue weighted by molar-refractivity contribution is -0.151. The summed E-state index contributed by atoms with van der Waals surface area (Å²) in [6, 6.07) is 7.41. The predicted molar refractivity (Wildman–Crippen MR) is 109 cm³/mol. The van der Waals surface area contributed by atoms with E-state index in [2.05, 4.69) is 0 Å². The highest BCUT2D eigenvalue weighted by Gasteiger charge is 2.41. The van der Waals surface area contributed by atoms with Crippen molar-refractivity contribution in [2.75, 3.05) is 20.8 Å². The summed E-state index contributed by atoms with van der Waals surface area (Å²) in [5.41, 5.74) is 1.55. The minimum Gasteiger partial charge on any atom is -0.493 e. The van der Waals surface area contributed by atoms with Crippen LogP contribution >= 0.6 is 22.9 Å². The van der Waals surface area contributed by atoms with Crippen molar-refractivity contribution in [2.45, 2.75) is 19.3 Å². The standard InChI is InChI=1S/C21H21ClO5S/c1-4-27-21(24)18-14(10-12(11-15(18)23)17-6-5-9-28-17)13-7-8-16(25-2)20(26-3)19(13)22/h5-9,11,14,18H,4,10H2,1-3H3/t14-,18-/m1/s1. The summed E-state index contributed by atoms with van der Waals surface area (Å²) in [6.07, 6.45) is 2.05. The average Bonchev–Trinajstić information content (AvgIpc) is 3.22. The van der Waals surface area contributed by atoms with E-state index in [1.165, 1.54) is 14.2 Å². The van der Waals surface area contributed by atoms with Crippen LogP contribution in [0, 0.1) is 5.92 Å². The van der Waals surface area contributed by atoms with Crippen molar-refractivity contribution in [1.29, 1.82) is 0 Å². The van der Waals surface area contributed by atoms with Gasteiger partial charge < -0.3 is 14.2 Å². The summed E-state index contributed by atoms with van der Waals surface area (Å²) in [7, 11) is 3.02. The van der Waals surface area contributed by atoms with E-state index in [4.69, 9.17) is 25.8 Å². The Balaban J connectivity index is 2.10. The fraction of sp³-hybridized carbons (Fsp3) is 0.333. The molecule has 7 heteroatoms. The largest absolute Gasteiger partial charge is 0.493 e. The third-order valence-corrected chi connectivity index (χ3v) is 6.09. The van der Waals surface area contributed by atoms with Gasteiger partial charge in [-0.3, -0.25) is 9.59 Å². The van der Waals surface area contributed by atoms with Gasteiger partial charge in [0, 0.05) is 10.8 Å². The van der Waals surface area contributed by atoms with Crippen molar-refractivity contribution >= 4 is 40.3 Å². The van der Waals surface area contributed by atoms with E-state index in [-0.39, 0.29) is 12.4 Å². The molecule has 0 radical (unpaired) electrons. The number of hydrogen-bond donors (Lipinski definition) is 0. The zero-order chi connectivity index (χ0) is 20.3. The minimum atomic E-state index is -0.945. The van der Waals surface area contributed by atoms with Crippen LogP contribution in [0.15, 0.2) is 35.7 Å². The lowest BCUT2D eigenvalue weighted by atomic mass is 9.74. The molecule has 0 spiro atoms. The van der Waals surface area contributed by atoms with Crippen LogP contribution in [0.2, 0.25) is 5.02 Å². The number of allylic oxidation sites excluding steroid dienone is 2. The highest BCUT2D eigenvalue weighted by molar-refractivity contribution is 7.11. The fourth-order valence-corrected chi connectivity index (χ4v) is 4.63. The van der Waals surface area contributed by atoms with E-state index in [1.807, 2.05) is 17.5 Å². The molecule has 0 saturated heterocycles. The fourth-order valence-electron chi connectivity index (χ4n) is 3.50. The Labute approximate surface area is 172 Å². The summed E-state index contributed by atoms with van der Waals surface area (Å²) in [5.74, 6) is -1.35. The van der Waals surface area contributed by atoms with Gasteiger partial charge in [0.2, 0.25) is 0 Å². The molecule has 0 N–H and O–H groups in total. The third-order valence-electron chi connectivity index (χ3n) is 4.76. The van der Waals surface area contributed by atoms with Crippen molar-refractivity contribution in [2.24, 2.45) is 5.92 Å². The first-order valence-corrected chi connectivity index (χ1v) is 10.1. The molecule has 1 aromatic heterocycles. The maximum absolute atomic E-state index is 12.9. The molecule has 0 aliphatic heterocycles. The number of esters is 1. The lowest BCUT2D eigenvalue weighted by Gasteiger charge is -2.30. The van der Waals surface area contributed by atoms with Crippen molar-refractivity contribution in [3.8, 4) is 11.5 Å². The second-order valence-corrected chi connectivity index (χ2v) is 7.62. The molecular formula is C21H21ClO5S. The highest BCUT2D eigenvalue weighted by Crippen LogP contribution is 2.47. The Kier molecular flexibility index (Phi) is 6.42. The maximum atomic E-state index is 12.9. The van der Waals surface area contributed by atoms with Gasteiger partial charge in [0.25, 0.3) is 0 Å². The summed E-state index contributed by atoms with van der Waals surface area (Å²) >= 11 is 8.16. The monoisotopic (exact) mass is 420 g/mol. The van der Waals surface area contributed by atoms with Crippen LogP contribution in [-0.4, -0.2) is 32.6 Å². The first-order valence-electron chi connectivity index (χ1n) is 8.87. The Bertz CT molecular complexity index is 904. The Morgan fingerprint density at radius 3 is 2.64 bits per heavy atom. The quantitative estimate of drug-likeness (QED) is 0.499. The number of carbonyl (C=O) groups excluding carboxylic acids is 2. The van der Waals surface area contributed by atoms with Gasteiger partial charge in [0.05, 0.1) is 25.8 Å². The molecule has 1 aromatic carbocycles. The SMILES string of the molecule is CCOC(=O)[C@H]1C(=O)C=C(c2cccs2)C[C@@H]1c1ccc(OC)c(OC)c1Cl. The van der Waals surface area contributed by atoms with Gasteiger partial charge in [-0.1, -0.05) is 23.7 Å². The van der Waals surface area contributed by atoms with Crippen LogP contribution < -0.4 is 9.47 Å². The van der Waals surface area contributed by atoms with Gasteiger partial charge in [-0.2, -0.15) is 0 Å². The van der Waals surface area contributed by atoms with E-state index < -0.39 is 17.8 Å². The molecule has 3 rings (SSSR count). The first-order chi connectivity index (χ1) is 13.5. The number of benzene rings is 1. The average molecular weight is 421 g/mol. The number of halogens is 1. The van der Waals surface area contributed by atoms with Gasteiger partial charge in [0.1, 0.15) is 5.92 Å². The number of thiophene rings is 1. The zero-order valence-electron chi connectivity index (χ0n) is 15.9. The topological polar surface area (TPSA) is 61.8 Å². The molecule has 0 unspecified atom stereocenters. The van der Waals surface area contributed by atoms with Crippen LogP contribution in [0.4, 0.5) is 0 Å². The molecule has 148 valence electrons. The molecule has 1 heterocycles. The van der Waals surface area contributed by atoms with Gasteiger partial charge in [-0.25, -0.2) is 0 Å². The summed E-state index contributed by atoms with van der Waals surface area (Å²) in [4.78, 5) is 26.5. The summed E-state index contributed by atoms with van der Waals surface area (Å²) in [5, 5.41) is 2.29. The number of ketones is 1. The Hall–Kier alpha value is -2.31. The maximum Gasteiger partial charge on any atom is 0.317 e. The van der Waals surface area contributed by atoms with Crippen molar-refractivity contribution in [3.63, 3.8) is 0 Å². The normalized spacial score (nSPS) is 19.1. The molecule has 2 aromatic rings. The molecule has 1 aliphatic carbocycles. The Morgan fingerprint density at radius 1 is 1.25 bits per heavy atom. The number of carbonyl (C=O) groups is 2. The van der Waals surface area contributed by atoms with Crippen LogP contribution in [0.25, 0.3) is 5.57 Å². The van der Waals surface area contributed by atoms with Gasteiger partial charge >= 0.3 is 5.97 Å². The second-order valence-electron chi connectivity index (χ2n) is 6.29. The van der Waals surface area contributed by atoms with Gasteiger partial charge in [-0.05, 0) is 48.1 Å². The second kappa shape index (κ2) is 8.80. The van der Waals surface area contributed by atoms with E-state index in [0.717, 1.165) is 10.5 Å². The van der Waals surface area contributed by atoms with Crippen LogP contribution in [0.5, 0.6) is 11.5 Å². The van der Waals surface area contributed by atoms with Crippen molar-refractivity contribution < 1.29 is 23.8 Å². The predicted octanol–water partition coefficient (Wildman–Crippen LogP) is 4.74. The van der Waals surface area contributed by atoms with Crippen LogP contribution in [0.3, 0.4) is 0 Å². The molecule has 0 saturated carbocycles. The molecule has 1 aliphatic rings. The number of methoxy groups -OCH3 is 2. The first kappa shape index (κ1) is 20.4. The molecule has 0 amide bonds. The van der Waals surface area contributed by atoms with Crippen molar-refractivity contribution in [1.82, 2.24) is 0 Å². The van der Waals surface area contributed by atoms with E-state index in [0.29, 0.717) is 28.5 Å². The van der Waals surface area contributed by atoms with E-state index in [1.54, 1.807) is 36.5 Å². The summed E-state index contributed by atoms with van der Waals surface area (Å²) < 4.78 is 15.9. The smallest absolute Gasteiger partial charge is 0.317 e. The lowest BCUT2D eigenvalue weighted by Crippen LogP contribution is -2.34. The molecule has 0 bridgehead atoms. The molecule has 2 atom stereocenters. The van der Waals surface area contributed by atoms with Crippen LogP contribution in [-0.2, 0) is 14.3 Å². The Morgan fingerprint density at radius 2 is 2.04 bits per heavy atom. The highest BCUT2D eigenvalue weighted by atomic mass is 35.5. The van der Waals surface area contributed by atoms with E-state index in [9.17, 15) is 9.59 Å². The molecule has 0 fully saturated rings. The summed E-state index contributed by atoms with van der Waals surface area (Å²) in [6.45, 7) is 1.92. The number of rotatable bonds is 6. The van der Waals surface area contributed by atoms with E-state index >= 15 is 0 Å². The third kappa shape index (κ3) is 3.80. The molecule has 28 heavy (non-hydrogen) atoms. The number of hydrogen-bond acceptors (Lipinski definition) is 6. The minimum absolute atomic E-state index is 0.205. The molecular weight excluding hydrogens is 400 g/mol.